The van der Waals surface area contributed by atoms with Crippen molar-refractivity contribution in [3.63, 3.8) is 0 Å². The fraction of sp³-hybridized carbons (Fsp3) is 0.167. The van der Waals surface area contributed by atoms with Gasteiger partial charge in [0.1, 0.15) is 11.3 Å². The zero-order chi connectivity index (χ0) is 13.9. The van der Waals surface area contributed by atoms with E-state index in [1.165, 1.54) is 12.5 Å². The van der Waals surface area contributed by atoms with Gasteiger partial charge in [0.25, 0.3) is 5.88 Å². The molecule has 0 unspecified atom stereocenters. The van der Waals surface area contributed by atoms with Crippen molar-refractivity contribution in [2.24, 2.45) is 0 Å². The van der Waals surface area contributed by atoms with Crippen LogP contribution in [0.25, 0.3) is 11.2 Å². The van der Waals surface area contributed by atoms with Crippen LogP contribution in [0.15, 0.2) is 24.8 Å². The van der Waals surface area contributed by atoms with Crippen LogP contribution in [0, 0.1) is 0 Å². The smallest absolute Gasteiger partial charge is 0.250 e. The van der Waals surface area contributed by atoms with Crippen molar-refractivity contribution in [1.82, 2.24) is 24.9 Å². The van der Waals surface area contributed by atoms with Crippen molar-refractivity contribution in [1.29, 1.82) is 0 Å². The van der Waals surface area contributed by atoms with E-state index >= 15 is 0 Å². The minimum absolute atomic E-state index is 0.368. The Balaban J connectivity index is 2.02. The highest BCUT2D eigenvalue weighted by Gasteiger charge is 2.12. The monoisotopic (exact) mass is 290 g/mol. The van der Waals surface area contributed by atoms with E-state index in [0.717, 1.165) is 0 Å². The van der Waals surface area contributed by atoms with Gasteiger partial charge in [0.15, 0.2) is 5.65 Å². The van der Waals surface area contributed by atoms with Gasteiger partial charge in [0.2, 0.25) is 5.95 Å². The third-order valence-electron chi connectivity index (χ3n) is 2.48. The maximum absolute atomic E-state index is 5.88. The van der Waals surface area contributed by atoms with Crippen LogP contribution in [-0.4, -0.2) is 31.5 Å². The second-order valence-electron chi connectivity index (χ2n) is 3.92. The minimum Gasteiger partial charge on any atom is -0.435 e. The maximum Gasteiger partial charge on any atom is 0.250 e. The largest absolute Gasteiger partial charge is 0.435 e. The number of hydrogen-bond acceptors (Lipinski definition) is 6. The van der Waals surface area contributed by atoms with Gasteiger partial charge in [0.05, 0.1) is 17.5 Å². The van der Waals surface area contributed by atoms with Gasteiger partial charge in [-0.25, -0.2) is 4.98 Å². The molecule has 0 amide bonds. The average molecular weight is 291 g/mol. The van der Waals surface area contributed by atoms with E-state index in [0.29, 0.717) is 40.3 Å². The van der Waals surface area contributed by atoms with Crippen LogP contribution >= 0.6 is 11.6 Å². The molecule has 0 fully saturated rings. The van der Waals surface area contributed by atoms with Crippen LogP contribution in [0.2, 0.25) is 5.02 Å². The molecule has 0 aromatic carbocycles. The lowest BCUT2D eigenvalue weighted by Gasteiger charge is -2.07. The first-order valence-corrected chi connectivity index (χ1v) is 6.37. The van der Waals surface area contributed by atoms with Crippen LogP contribution in [0.5, 0.6) is 11.6 Å². The van der Waals surface area contributed by atoms with Crippen LogP contribution in [0.1, 0.15) is 6.92 Å². The quantitative estimate of drug-likeness (QED) is 0.768. The van der Waals surface area contributed by atoms with Gasteiger partial charge in [-0.2, -0.15) is 9.97 Å². The summed E-state index contributed by atoms with van der Waals surface area (Å²) in [4.78, 5) is 19.6. The molecule has 0 aliphatic rings. The molecule has 0 aliphatic carbocycles. The van der Waals surface area contributed by atoms with Crippen molar-refractivity contribution in [2.45, 2.75) is 6.92 Å². The zero-order valence-corrected chi connectivity index (χ0v) is 11.3. The number of nitrogens with zero attached hydrogens (tertiary/aromatic N) is 4. The van der Waals surface area contributed by atoms with Gasteiger partial charge in [-0.15, -0.1) is 0 Å². The summed E-state index contributed by atoms with van der Waals surface area (Å²) in [5.74, 6) is 1.32. The molecule has 0 atom stereocenters. The highest BCUT2D eigenvalue weighted by Crippen LogP contribution is 2.27. The number of aromatic amines is 1. The molecular weight excluding hydrogens is 280 g/mol. The zero-order valence-electron chi connectivity index (χ0n) is 10.6. The Morgan fingerprint density at radius 2 is 2.25 bits per heavy atom. The second kappa shape index (κ2) is 5.30. The molecule has 20 heavy (non-hydrogen) atoms. The summed E-state index contributed by atoms with van der Waals surface area (Å²) in [6, 6.07) is 1.66. The van der Waals surface area contributed by atoms with Crippen molar-refractivity contribution in [2.75, 3.05) is 11.9 Å². The Morgan fingerprint density at radius 3 is 3.05 bits per heavy atom. The standard InChI is InChI=1S/C12H11ClN6O/c1-2-15-12-18-10-9(16-6-17-10)11(19-12)20-8-3-7(13)4-14-5-8/h3-6H,2H2,1H3,(H2,15,16,17,18,19). The average Bonchev–Trinajstić information content (AvgIpc) is 2.87. The van der Waals surface area contributed by atoms with Crippen molar-refractivity contribution in [3.05, 3.63) is 29.8 Å². The summed E-state index contributed by atoms with van der Waals surface area (Å²) in [6.45, 7) is 2.66. The predicted molar refractivity (Wildman–Crippen MR) is 75.2 cm³/mol. The van der Waals surface area contributed by atoms with Gasteiger partial charge >= 0.3 is 0 Å². The fourth-order valence-corrected chi connectivity index (χ4v) is 1.84. The molecule has 0 bridgehead atoms. The summed E-state index contributed by atoms with van der Waals surface area (Å²) >= 11 is 5.88. The number of pyridine rings is 1. The molecule has 3 aromatic heterocycles. The molecule has 7 nitrogen and oxygen atoms in total. The molecule has 3 aromatic rings. The van der Waals surface area contributed by atoms with Crippen LogP contribution in [0.4, 0.5) is 5.95 Å². The summed E-state index contributed by atoms with van der Waals surface area (Å²) < 4.78 is 5.71. The van der Waals surface area contributed by atoms with Gasteiger partial charge in [-0.1, -0.05) is 11.6 Å². The van der Waals surface area contributed by atoms with Crippen molar-refractivity contribution < 1.29 is 4.74 Å². The van der Waals surface area contributed by atoms with E-state index in [1.807, 2.05) is 6.92 Å². The van der Waals surface area contributed by atoms with Crippen LogP contribution in [-0.2, 0) is 0 Å². The second-order valence-corrected chi connectivity index (χ2v) is 4.36. The number of rotatable bonds is 4. The Labute approximate surface area is 119 Å². The minimum atomic E-state index is 0.368. The fourth-order valence-electron chi connectivity index (χ4n) is 1.68. The molecule has 0 saturated heterocycles. The summed E-state index contributed by atoms with van der Waals surface area (Å²) in [5, 5.41) is 3.52. The Hall–Kier alpha value is -2.41. The number of hydrogen-bond donors (Lipinski definition) is 2. The van der Waals surface area contributed by atoms with Gasteiger partial charge in [-0.05, 0) is 6.92 Å². The van der Waals surface area contributed by atoms with E-state index in [4.69, 9.17) is 16.3 Å². The van der Waals surface area contributed by atoms with Crippen LogP contribution < -0.4 is 10.1 Å². The van der Waals surface area contributed by atoms with E-state index in [2.05, 4.69) is 30.2 Å². The molecule has 2 N–H and O–H groups in total. The summed E-state index contributed by atoms with van der Waals surface area (Å²) in [7, 11) is 0. The van der Waals surface area contributed by atoms with Crippen molar-refractivity contribution in [3.8, 4) is 11.6 Å². The maximum atomic E-state index is 5.88. The van der Waals surface area contributed by atoms with Gasteiger partial charge in [-0.3, -0.25) is 4.98 Å². The first-order valence-electron chi connectivity index (χ1n) is 5.99. The van der Waals surface area contributed by atoms with Gasteiger partial charge in [0, 0.05) is 18.8 Å². The Kier molecular flexibility index (Phi) is 3.34. The van der Waals surface area contributed by atoms with E-state index in [9.17, 15) is 0 Å². The summed E-state index contributed by atoms with van der Waals surface area (Å²) in [6.07, 6.45) is 4.63. The lowest BCUT2D eigenvalue weighted by molar-refractivity contribution is 0.465. The molecule has 0 saturated carbocycles. The first-order chi connectivity index (χ1) is 9.76. The lowest BCUT2D eigenvalue weighted by atomic mass is 10.4. The number of fused-ring (bicyclic) bond motifs is 1. The number of halogens is 1. The molecular formula is C12H11ClN6O. The highest BCUT2D eigenvalue weighted by molar-refractivity contribution is 6.30. The third-order valence-corrected chi connectivity index (χ3v) is 2.69. The predicted octanol–water partition coefficient (Wildman–Crippen LogP) is 2.63. The number of nitrogens with one attached hydrogen (secondary N) is 2. The molecule has 8 heteroatoms. The number of ether oxygens (including phenoxy) is 1. The van der Waals surface area contributed by atoms with Crippen LogP contribution in [0.3, 0.4) is 0 Å². The van der Waals surface area contributed by atoms with E-state index < -0.39 is 0 Å². The molecule has 0 spiro atoms. The van der Waals surface area contributed by atoms with E-state index in [-0.39, 0.29) is 0 Å². The normalized spacial score (nSPS) is 10.7. The number of H-pyrrole nitrogens is 1. The third kappa shape index (κ3) is 2.48. The van der Waals surface area contributed by atoms with E-state index in [1.54, 1.807) is 12.3 Å². The highest BCUT2D eigenvalue weighted by atomic mass is 35.5. The Morgan fingerprint density at radius 1 is 1.35 bits per heavy atom. The lowest BCUT2D eigenvalue weighted by Crippen LogP contribution is -2.03. The molecule has 102 valence electrons. The van der Waals surface area contributed by atoms with Crippen molar-refractivity contribution >= 4 is 28.7 Å². The topological polar surface area (TPSA) is 88.6 Å². The summed E-state index contributed by atoms with van der Waals surface area (Å²) in [5.41, 5.74) is 1.15. The molecule has 0 radical (unpaired) electrons. The molecule has 0 aliphatic heterocycles. The number of anilines is 1. The SMILES string of the molecule is CCNc1nc(Oc2cncc(Cl)c2)c2[nH]cnc2n1. The number of aromatic nitrogens is 5. The Bertz CT molecular complexity index is 744. The number of imidazole rings is 1. The molecule has 3 heterocycles. The first kappa shape index (κ1) is 12.6. The van der Waals surface area contributed by atoms with Gasteiger partial charge < -0.3 is 15.0 Å². The molecule has 3 rings (SSSR count).